The fourth-order valence-electron chi connectivity index (χ4n) is 0.279. The van der Waals surface area contributed by atoms with E-state index in [2.05, 4.69) is 11.3 Å². The second kappa shape index (κ2) is 4.81. The topological polar surface area (TPSA) is 43.4 Å². The molecule has 0 aromatic rings. The lowest BCUT2D eigenvalue weighted by Crippen LogP contribution is -2.22. The zero-order valence-corrected chi connectivity index (χ0v) is 8.22. The van der Waals surface area contributed by atoms with Gasteiger partial charge in [-0.2, -0.15) is 0 Å². The van der Waals surface area contributed by atoms with Crippen molar-refractivity contribution in [3.63, 3.8) is 0 Å². The van der Waals surface area contributed by atoms with Gasteiger partial charge in [-0.05, 0) is 0 Å². The van der Waals surface area contributed by atoms with Crippen LogP contribution in [-0.4, -0.2) is 16.7 Å². The van der Waals surface area contributed by atoms with E-state index in [9.17, 15) is 9.36 Å². The summed E-state index contributed by atoms with van der Waals surface area (Å²) in [4.78, 5) is 10.7. The Kier molecular flexibility index (Phi) is 4.82. The lowest BCUT2D eigenvalue weighted by atomic mass is 10.7. The van der Waals surface area contributed by atoms with Crippen molar-refractivity contribution in [2.24, 2.45) is 0 Å². The summed E-state index contributed by atoms with van der Waals surface area (Å²) < 4.78 is 12.8. The lowest BCUT2D eigenvalue weighted by molar-refractivity contribution is -0.141. The van der Waals surface area contributed by atoms with E-state index in [0.717, 1.165) is 0 Å². The summed E-state index contributed by atoms with van der Waals surface area (Å²) in [5.41, 5.74) is 0. The Bertz CT molecular complexity index is 181. The van der Waals surface area contributed by atoms with E-state index in [-0.39, 0.29) is 6.61 Å². The van der Waals surface area contributed by atoms with Crippen LogP contribution in [0.15, 0.2) is 12.7 Å². The highest BCUT2D eigenvalue weighted by Gasteiger charge is 2.33. The predicted molar refractivity (Wildman–Crippen MR) is 46.0 cm³/mol. The average Bonchev–Trinajstić information content (AvgIpc) is 2.00. The van der Waals surface area contributed by atoms with Crippen LogP contribution < -0.4 is 0 Å². The number of alkyl halides is 2. The highest BCUT2D eigenvalue weighted by molar-refractivity contribution is 7.35. The summed E-state index contributed by atoms with van der Waals surface area (Å²) in [6.45, 7) is 3.32. The molecule has 0 N–H and O–H groups in total. The first-order valence-electron chi connectivity index (χ1n) is 2.67. The Labute approximate surface area is 75.5 Å². The van der Waals surface area contributed by atoms with Gasteiger partial charge < -0.3 is 9.30 Å². The van der Waals surface area contributed by atoms with Crippen molar-refractivity contribution in [2.45, 2.75) is 4.07 Å². The van der Waals surface area contributed by atoms with Crippen LogP contribution in [0.5, 0.6) is 0 Å². The van der Waals surface area contributed by atoms with Crippen LogP contribution in [0.2, 0.25) is 0 Å². The largest absolute Gasteiger partial charge is 0.459 e. The molecule has 1 unspecified atom stereocenters. The molecule has 0 aliphatic carbocycles. The minimum absolute atomic E-state index is 0.0134. The Morgan fingerprint density at radius 2 is 2.27 bits per heavy atom. The molecule has 0 heterocycles. The van der Waals surface area contributed by atoms with E-state index in [1.807, 2.05) is 0 Å². The highest BCUT2D eigenvalue weighted by atomic mass is 35.5. The number of halogens is 2. The smallest absolute Gasteiger partial charge is 0.350 e. The first-order chi connectivity index (χ1) is 5.04. The van der Waals surface area contributed by atoms with Gasteiger partial charge in [-0.3, -0.25) is 0 Å². The molecule has 1 atom stereocenters. The summed E-state index contributed by atoms with van der Waals surface area (Å²) >= 11 is 10.6. The molecule has 0 aliphatic rings. The Morgan fingerprint density at radius 1 is 1.73 bits per heavy atom. The maximum atomic E-state index is 10.7. The van der Waals surface area contributed by atoms with Gasteiger partial charge in [-0.15, -0.1) is 0 Å². The first-order valence-corrected chi connectivity index (χ1v) is 4.47. The van der Waals surface area contributed by atoms with E-state index in [1.54, 1.807) is 0 Å². The molecule has 0 aliphatic heterocycles. The zero-order chi connectivity index (χ0) is 8.91. The quantitative estimate of drug-likeness (QED) is 0.311. The molecule has 3 nitrogen and oxygen atoms in total. The third-order valence-corrected chi connectivity index (χ3v) is 2.13. The molecule has 6 heteroatoms. The highest BCUT2D eigenvalue weighted by Crippen LogP contribution is 2.34. The molecular formula is C5H7Cl2O3P. The normalized spacial score (nSPS) is 11.8. The first kappa shape index (κ1) is 11.0. The molecule has 0 amide bonds. The van der Waals surface area contributed by atoms with Gasteiger partial charge in [0.2, 0.25) is 0 Å². The number of carbonyl (C=O) groups is 1. The van der Waals surface area contributed by atoms with Crippen molar-refractivity contribution in [3.8, 4) is 0 Å². The van der Waals surface area contributed by atoms with E-state index in [4.69, 9.17) is 23.2 Å². The molecule has 0 spiro atoms. The maximum Gasteiger partial charge on any atom is 0.350 e. The van der Waals surface area contributed by atoms with Gasteiger partial charge in [0, 0.05) is 0 Å². The Hall–Kier alpha value is 0.0200. The van der Waals surface area contributed by atoms with Crippen molar-refractivity contribution >= 4 is 37.6 Å². The van der Waals surface area contributed by atoms with Gasteiger partial charge in [-0.25, -0.2) is 4.79 Å². The second-order valence-electron chi connectivity index (χ2n) is 1.63. The van der Waals surface area contributed by atoms with Crippen LogP contribution in [0, 0.1) is 0 Å². The van der Waals surface area contributed by atoms with E-state index < -0.39 is 18.5 Å². The Balaban J connectivity index is 4.01. The van der Waals surface area contributed by atoms with Crippen LogP contribution >= 0.6 is 31.7 Å². The van der Waals surface area contributed by atoms with Crippen LogP contribution in [0.3, 0.4) is 0 Å². The van der Waals surface area contributed by atoms with Gasteiger partial charge in [0.05, 0.1) is 0 Å². The summed E-state index contributed by atoms with van der Waals surface area (Å²) in [5.74, 6) is -0.897. The van der Waals surface area contributed by atoms with Crippen LogP contribution in [0.25, 0.3) is 0 Å². The summed E-state index contributed by atoms with van der Waals surface area (Å²) in [7, 11) is -1.61. The van der Waals surface area contributed by atoms with E-state index in [0.29, 0.717) is 0 Å². The van der Waals surface area contributed by atoms with E-state index >= 15 is 0 Å². The van der Waals surface area contributed by atoms with Crippen molar-refractivity contribution in [3.05, 3.63) is 12.7 Å². The minimum atomic E-state index is -1.89. The van der Waals surface area contributed by atoms with Crippen molar-refractivity contribution in [2.75, 3.05) is 6.61 Å². The molecule has 0 aromatic carbocycles. The maximum absolute atomic E-state index is 10.7. The summed E-state index contributed by atoms with van der Waals surface area (Å²) in [6, 6.07) is 0. The molecule has 0 fully saturated rings. The molecule has 0 aromatic heterocycles. The molecule has 11 heavy (non-hydrogen) atoms. The van der Waals surface area contributed by atoms with Crippen molar-refractivity contribution in [1.29, 1.82) is 0 Å². The van der Waals surface area contributed by atoms with Gasteiger partial charge in [0.1, 0.15) is 15.1 Å². The van der Waals surface area contributed by atoms with Gasteiger partial charge >= 0.3 is 5.97 Å². The van der Waals surface area contributed by atoms with Gasteiger partial charge in [0.25, 0.3) is 4.07 Å². The SMILES string of the molecule is C=CCOC(=O)C(Cl)(Cl)[PH2]=O. The monoisotopic (exact) mass is 216 g/mol. The molecule has 64 valence electrons. The van der Waals surface area contributed by atoms with Crippen molar-refractivity contribution < 1.29 is 14.1 Å². The molecule has 0 saturated heterocycles. The molecule has 0 rings (SSSR count). The molecule has 0 saturated carbocycles. The number of esters is 1. The van der Waals surface area contributed by atoms with E-state index in [1.165, 1.54) is 6.08 Å². The lowest BCUT2D eigenvalue weighted by Gasteiger charge is -2.09. The fourth-order valence-corrected chi connectivity index (χ4v) is 0.568. The number of carbonyl (C=O) groups excluding carboxylic acids is 1. The molecular weight excluding hydrogens is 210 g/mol. The standard InChI is InChI=1S/C5H7Cl2O3P/c1-2-3-10-4(8)5(6,7)11-9/h2H,1,3,11H2. The predicted octanol–water partition coefficient (Wildman–Crippen LogP) is 1.60. The van der Waals surface area contributed by atoms with Crippen LogP contribution in [-0.2, 0) is 14.1 Å². The average molecular weight is 217 g/mol. The fraction of sp³-hybridized carbons (Fsp3) is 0.400. The number of hydrogen-bond acceptors (Lipinski definition) is 3. The third kappa shape index (κ3) is 3.80. The zero-order valence-electron chi connectivity index (χ0n) is 5.55. The van der Waals surface area contributed by atoms with Crippen LogP contribution in [0.4, 0.5) is 0 Å². The van der Waals surface area contributed by atoms with Gasteiger partial charge in [0.15, 0.2) is 0 Å². The summed E-state index contributed by atoms with van der Waals surface area (Å²) in [6.07, 6.45) is 1.36. The summed E-state index contributed by atoms with van der Waals surface area (Å²) in [5, 5.41) is 0. The number of hydrogen-bond donors (Lipinski definition) is 0. The van der Waals surface area contributed by atoms with Crippen LogP contribution in [0.1, 0.15) is 0 Å². The third-order valence-electron chi connectivity index (χ3n) is 0.752. The Morgan fingerprint density at radius 3 is 2.64 bits per heavy atom. The molecule has 0 bridgehead atoms. The minimum Gasteiger partial charge on any atom is -0.459 e. The number of ether oxygens (including phenoxy) is 1. The number of rotatable bonds is 4. The second-order valence-corrected chi connectivity index (χ2v) is 4.85. The van der Waals surface area contributed by atoms with Crippen molar-refractivity contribution in [1.82, 2.24) is 0 Å². The molecule has 0 radical (unpaired) electrons. The van der Waals surface area contributed by atoms with Gasteiger partial charge in [-0.1, -0.05) is 35.9 Å².